The van der Waals surface area contributed by atoms with Gasteiger partial charge in [0.1, 0.15) is 0 Å². The highest BCUT2D eigenvalue weighted by Crippen LogP contribution is 1.92. The first-order valence-corrected chi connectivity index (χ1v) is 3.53. The Labute approximate surface area is 65.8 Å². The molecule has 0 bridgehead atoms. The Balaban J connectivity index is 3.20. The minimum absolute atomic E-state index is 0.0323. The van der Waals surface area contributed by atoms with Gasteiger partial charge in [0.2, 0.25) is 0 Å². The zero-order valence-corrected chi connectivity index (χ0v) is 6.58. The Morgan fingerprint density at radius 3 is 2.91 bits per heavy atom. The van der Waals surface area contributed by atoms with Gasteiger partial charge < -0.3 is 4.57 Å². The second-order valence-corrected chi connectivity index (χ2v) is 2.40. The number of nitrogens with zero attached hydrogens (tertiary/aromatic N) is 1. The fourth-order valence-electron chi connectivity index (χ4n) is 0.987. The molecule has 0 spiro atoms. The SMILES string of the molecule is C=CCn1c(C)cccc1=O. The van der Waals surface area contributed by atoms with E-state index in [2.05, 4.69) is 6.58 Å². The maximum absolute atomic E-state index is 11.1. The third-order valence-electron chi connectivity index (χ3n) is 1.58. The van der Waals surface area contributed by atoms with E-state index in [1.165, 1.54) is 0 Å². The second-order valence-electron chi connectivity index (χ2n) is 2.40. The topological polar surface area (TPSA) is 22.0 Å². The fraction of sp³-hybridized carbons (Fsp3) is 0.222. The zero-order valence-electron chi connectivity index (χ0n) is 6.58. The van der Waals surface area contributed by atoms with Crippen LogP contribution in [0.3, 0.4) is 0 Å². The van der Waals surface area contributed by atoms with Crippen LogP contribution in [0.4, 0.5) is 0 Å². The molecule has 2 heteroatoms. The van der Waals surface area contributed by atoms with Crippen LogP contribution in [0.15, 0.2) is 35.6 Å². The number of hydrogen-bond acceptors (Lipinski definition) is 1. The van der Waals surface area contributed by atoms with E-state index in [4.69, 9.17) is 0 Å². The van der Waals surface area contributed by atoms with Crippen molar-refractivity contribution < 1.29 is 0 Å². The molecule has 1 aromatic rings. The van der Waals surface area contributed by atoms with Crippen LogP contribution >= 0.6 is 0 Å². The van der Waals surface area contributed by atoms with E-state index in [-0.39, 0.29) is 5.56 Å². The van der Waals surface area contributed by atoms with Crippen LogP contribution in [0.1, 0.15) is 5.69 Å². The van der Waals surface area contributed by atoms with E-state index >= 15 is 0 Å². The second kappa shape index (κ2) is 3.19. The molecule has 0 saturated carbocycles. The number of hydrogen-bond donors (Lipinski definition) is 0. The summed E-state index contributed by atoms with van der Waals surface area (Å²) in [5.41, 5.74) is 1.00. The largest absolute Gasteiger partial charge is 0.309 e. The van der Waals surface area contributed by atoms with Gasteiger partial charge in [-0.25, -0.2) is 0 Å². The van der Waals surface area contributed by atoms with E-state index in [1.807, 2.05) is 13.0 Å². The van der Waals surface area contributed by atoms with Crippen molar-refractivity contribution in [1.82, 2.24) is 4.57 Å². The van der Waals surface area contributed by atoms with Crippen LogP contribution in [0, 0.1) is 6.92 Å². The summed E-state index contributed by atoms with van der Waals surface area (Å²) < 4.78 is 1.67. The van der Waals surface area contributed by atoms with Gasteiger partial charge >= 0.3 is 0 Å². The Morgan fingerprint density at radius 2 is 2.36 bits per heavy atom. The summed E-state index contributed by atoms with van der Waals surface area (Å²) in [5, 5.41) is 0. The lowest BCUT2D eigenvalue weighted by Crippen LogP contribution is -2.19. The number of allylic oxidation sites excluding steroid dienone is 1. The maximum Gasteiger partial charge on any atom is 0.250 e. The first kappa shape index (κ1) is 7.79. The van der Waals surface area contributed by atoms with Gasteiger partial charge in [0, 0.05) is 18.3 Å². The third kappa shape index (κ3) is 1.58. The van der Waals surface area contributed by atoms with Crippen molar-refractivity contribution in [3.8, 4) is 0 Å². The lowest BCUT2D eigenvalue weighted by Gasteiger charge is -2.04. The molecule has 0 N–H and O–H groups in total. The van der Waals surface area contributed by atoms with Crippen molar-refractivity contribution >= 4 is 0 Å². The first-order chi connectivity index (χ1) is 5.25. The molecular formula is C9H11NO. The summed E-state index contributed by atoms with van der Waals surface area (Å²) in [5.74, 6) is 0. The predicted octanol–water partition coefficient (Wildman–Crippen LogP) is 1.34. The lowest BCUT2D eigenvalue weighted by molar-refractivity contribution is 0.748. The molecule has 1 aromatic heterocycles. The minimum Gasteiger partial charge on any atom is -0.309 e. The smallest absolute Gasteiger partial charge is 0.250 e. The van der Waals surface area contributed by atoms with Gasteiger partial charge in [-0.05, 0) is 13.0 Å². The van der Waals surface area contributed by atoms with Gasteiger partial charge in [0.15, 0.2) is 0 Å². The lowest BCUT2D eigenvalue weighted by atomic mass is 10.3. The Morgan fingerprint density at radius 1 is 1.64 bits per heavy atom. The van der Waals surface area contributed by atoms with E-state index in [9.17, 15) is 4.79 Å². The molecule has 0 amide bonds. The average molecular weight is 149 g/mol. The van der Waals surface area contributed by atoms with Crippen molar-refractivity contribution in [3.63, 3.8) is 0 Å². The average Bonchev–Trinajstić information content (AvgIpc) is 1.97. The summed E-state index contributed by atoms with van der Waals surface area (Å²) in [7, 11) is 0. The summed E-state index contributed by atoms with van der Waals surface area (Å²) in [4.78, 5) is 11.1. The highest BCUT2D eigenvalue weighted by atomic mass is 16.1. The maximum atomic E-state index is 11.1. The van der Waals surface area contributed by atoms with Crippen LogP contribution in [0.2, 0.25) is 0 Å². The summed E-state index contributed by atoms with van der Waals surface area (Å²) in [6, 6.07) is 5.22. The van der Waals surface area contributed by atoms with Gasteiger partial charge in [0.05, 0.1) is 0 Å². The Hall–Kier alpha value is -1.31. The molecule has 0 aliphatic rings. The summed E-state index contributed by atoms with van der Waals surface area (Å²) in [6.07, 6.45) is 1.72. The monoisotopic (exact) mass is 149 g/mol. The highest BCUT2D eigenvalue weighted by molar-refractivity contribution is 5.05. The molecule has 0 radical (unpaired) electrons. The number of rotatable bonds is 2. The van der Waals surface area contributed by atoms with Gasteiger partial charge in [-0.1, -0.05) is 12.1 Å². The van der Waals surface area contributed by atoms with Gasteiger partial charge in [-0.3, -0.25) is 4.79 Å². The van der Waals surface area contributed by atoms with Crippen molar-refractivity contribution in [3.05, 3.63) is 46.9 Å². The van der Waals surface area contributed by atoms with Gasteiger partial charge in [-0.2, -0.15) is 0 Å². The van der Waals surface area contributed by atoms with E-state index in [0.29, 0.717) is 6.54 Å². The molecule has 0 atom stereocenters. The fourth-order valence-corrected chi connectivity index (χ4v) is 0.987. The quantitative estimate of drug-likeness (QED) is 0.582. The number of pyridine rings is 1. The van der Waals surface area contributed by atoms with Crippen molar-refractivity contribution in [2.24, 2.45) is 0 Å². The molecular weight excluding hydrogens is 138 g/mol. The van der Waals surface area contributed by atoms with Crippen LogP contribution < -0.4 is 5.56 Å². The molecule has 0 saturated heterocycles. The normalized spacial score (nSPS) is 9.55. The molecule has 0 aromatic carbocycles. The summed E-state index contributed by atoms with van der Waals surface area (Å²) >= 11 is 0. The minimum atomic E-state index is 0.0323. The van der Waals surface area contributed by atoms with E-state index in [1.54, 1.807) is 22.8 Å². The molecule has 0 aliphatic heterocycles. The Bertz CT molecular complexity index is 312. The van der Waals surface area contributed by atoms with Crippen LogP contribution in [0.5, 0.6) is 0 Å². The van der Waals surface area contributed by atoms with Crippen LogP contribution in [-0.4, -0.2) is 4.57 Å². The zero-order chi connectivity index (χ0) is 8.27. The third-order valence-corrected chi connectivity index (χ3v) is 1.58. The van der Waals surface area contributed by atoms with Crippen molar-refractivity contribution in [2.75, 3.05) is 0 Å². The standard InChI is InChI=1S/C9H11NO/c1-3-7-10-8(2)5-4-6-9(10)11/h3-6H,1,7H2,2H3. The molecule has 2 nitrogen and oxygen atoms in total. The molecule has 58 valence electrons. The predicted molar refractivity (Wildman–Crippen MR) is 45.6 cm³/mol. The molecule has 11 heavy (non-hydrogen) atoms. The first-order valence-electron chi connectivity index (χ1n) is 3.53. The van der Waals surface area contributed by atoms with E-state index in [0.717, 1.165) is 5.69 Å². The molecule has 0 aliphatic carbocycles. The highest BCUT2D eigenvalue weighted by Gasteiger charge is 1.93. The van der Waals surface area contributed by atoms with Gasteiger partial charge in [-0.15, -0.1) is 6.58 Å². The van der Waals surface area contributed by atoms with E-state index < -0.39 is 0 Å². The summed E-state index contributed by atoms with van der Waals surface area (Å²) in [6.45, 7) is 6.07. The molecule has 1 rings (SSSR count). The van der Waals surface area contributed by atoms with Crippen molar-refractivity contribution in [1.29, 1.82) is 0 Å². The Kier molecular flexibility index (Phi) is 2.26. The number of aromatic nitrogens is 1. The van der Waals surface area contributed by atoms with Crippen LogP contribution in [-0.2, 0) is 6.54 Å². The van der Waals surface area contributed by atoms with Gasteiger partial charge in [0.25, 0.3) is 5.56 Å². The molecule has 1 heterocycles. The van der Waals surface area contributed by atoms with Crippen LogP contribution in [0.25, 0.3) is 0 Å². The van der Waals surface area contributed by atoms with Crippen molar-refractivity contribution in [2.45, 2.75) is 13.5 Å². The molecule has 0 fully saturated rings. The number of aryl methyl sites for hydroxylation is 1. The molecule has 0 unspecified atom stereocenters.